The first-order valence-corrected chi connectivity index (χ1v) is 13.7. The Bertz CT molecular complexity index is 1960. The number of nitrogens with one attached hydrogen (secondary N) is 2. The molecule has 2 aliphatic carbocycles. The number of fused-ring (bicyclic) bond motifs is 3. The van der Waals surface area contributed by atoms with E-state index in [-0.39, 0.29) is 23.7 Å². The quantitative estimate of drug-likeness (QED) is 0.285. The molecule has 210 valence electrons. The number of carbonyl (C=O) groups is 3. The van der Waals surface area contributed by atoms with Gasteiger partial charge in [0.15, 0.2) is 11.5 Å². The van der Waals surface area contributed by atoms with E-state index in [1.807, 2.05) is 0 Å². The van der Waals surface area contributed by atoms with Gasteiger partial charge < -0.3 is 9.72 Å². The van der Waals surface area contributed by atoms with E-state index in [9.17, 15) is 18.8 Å². The molecule has 3 amide bonds. The number of amides is 3. The first-order chi connectivity index (χ1) is 20.3. The van der Waals surface area contributed by atoms with E-state index in [1.54, 1.807) is 54.2 Å². The van der Waals surface area contributed by atoms with Crippen molar-refractivity contribution >= 4 is 40.1 Å². The van der Waals surface area contributed by atoms with Crippen LogP contribution in [0.25, 0.3) is 27.8 Å². The van der Waals surface area contributed by atoms with Crippen LogP contribution in [0.2, 0.25) is 0 Å². The topological polar surface area (TPSA) is 125 Å². The van der Waals surface area contributed by atoms with Crippen molar-refractivity contribution in [3.63, 3.8) is 0 Å². The number of aromatic amines is 1. The van der Waals surface area contributed by atoms with E-state index in [4.69, 9.17) is 0 Å². The summed E-state index contributed by atoms with van der Waals surface area (Å²) in [5.74, 6) is -2.28. The molecule has 1 unspecified atom stereocenters. The van der Waals surface area contributed by atoms with Crippen LogP contribution in [0.5, 0.6) is 0 Å². The van der Waals surface area contributed by atoms with Crippen molar-refractivity contribution in [1.29, 1.82) is 0 Å². The van der Waals surface area contributed by atoms with Crippen LogP contribution < -0.4 is 5.32 Å². The van der Waals surface area contributed by atoms with Crippen LogP contribution in [0.1, 0.15) is 57.1 Å². The largest absolute Gasteiger partial charge is 0.309 e. The van der Waals surface area contributed by atoms with Crippen LogP contribution in [0.15, 0.2) is 49.1 Å². The number of hydrogen-bond donors (Lipinski definition) is 2. The zero-order valence-corrected chi connectivity index (χ0v) is 22.3. The third-order valence-electron chi connectivity index (χ3n) is 8.48. The molecule has 8 rings (SSSR count). The Morgan fingerprint density at radius 1 is 1.12 bits per heavy atom. The molecule has 3 aromatic heterocycles. The van der Waals surface area contributed by atoms with E-state index in [2.05, 4.69) is 25.5 Å². The van der Waals surface area contributed by atoms with E-state index in [0.29, 0.717) is 44.5 Å². The van der Waals surface area contributed by atoms with Crippen molar-refractivity contribution in [3.8, 4) is 11.3 Å². The number of alkyl halides is 1. The molecule has 2 saturated carbocycles. The normalized spacial score (nSPS) is 20.4. The van der Waals surface area contributed by atoms with Crippen molar-refractivity contribution in [2.45, 2.75) is 38.4 Å². The van der Waals surface area contributed by atoms with Gasteiger partial charge in [-0.25, -0.2) is 13.8 Å². The Labute approximate surface area is 236 Å². The SMILES string of the molecule is Cc1c(F)c(C(C2CC2)N2C(=O)c3ccccc3C2=O)c2[nH]ncc2c1-c1cn2cc(NC(=O)[C@@H]3C[C@@H]3F)nc2cn1. The fourth-order valence-corrected chi connectivity index (χ4v) is 6.10. The summed E-state index contributed by atoms with van der Waals surface area (Å²) >= 11 is 0. The summed E-state index contributed by atoms with van der Waals surface area (Å²) in [6, 6.07) is 5.86. The number of rotatable bonds is 6. The van der Waals surface area contributed by atoms with Gasteiger partial charge in [-0.05, 0) is 49.8 Å². The second-order valence-corrected chi connectivity index (χ2v) is 11.2. The summed E-state index contributed by atoms with van der Waals surface area (Å²) in [6.45, 7) is 1.64. The molecule has 0 saturated heterocycles. The molecule has 3 atom stereocenters. The van der Waals surface area contributed by atoms with Gasteiger partial charge in [-0.3, -0.25) is 29.4 Å². The van der Waals surface area contributed by atoms with Gasteiger partial charge in [0.05, 0.1) is 52.9 Å². The zero-order chi connectivity index (χ0) is 28.9. The number of aromatic nitrogens is 5. The predicted molar refractivity (Wildman–Crippen MR) is 147 cm³/mol. The maximum Gasteiger partial charge on any atom is 0.262 e. The lowest BCUT2D eigenvalue weighted by atomic mass is 9.91. The fourth-order valence-electron chi connectivity index (χ4n) is 6.10. The summed E-state index contributed by atoms with van der Waals surface area (Å²) in [4.78, 5) is 49.2. The summed E-state index contributed by atoms with van der Waals surface area (Å²) in [5, 5.41) is 10.4. The molecular formula is C30H23F2N7O3. The third-order valence-corrected chi connectivity index (χ3v) is 8.48. The van der Waals surface area contributed by atoms with Crippen molar-refractivity contribution in [1.82, 2.24) is 29.5 Å². The monoisotopic (exact) mass is 567 g/mol. The number of halogens is 2. The molecule has 4 heterocycles. The molecule has 10 nitrogen and oxygen atoms in total. The Kier molecular flexibility index (Phi) is 5.16. The Hall–Kier alpha value is -5.00. The number of nitrogens with zero attached hydrogens (tertiary/aromatic N) is 5. The third kappa shape index (κ3) is 3.60. The first kappa shape index (κ1) is 24.8. The molecule has 0 spiro atoms. The van der Waals surface area contributed by atoms with E-state index < -0.39 is 41.7 Å². The minimum Gasteiger partial charge on any atom is -0.309 e. The summed E-state index contributed by atoms with van der Waals surface area (Å²) in [7, 11) is 0. The lowest BCUT2D eigenvalue weighted by molar-refractivity contribution is -0.117. The second kappa shape index (κ2) is 8.75. The number of anilines is 1. The Morgan fingerprint density at radius 2 is 1.83 bits per heavy atom. The molecule has 3 aliphatic rings. The highest BCUT2D eigenvalue weighted by atomic mass is 19.1. The van der Waals surface area contributed by atoms with Gasteiger partial charge in [0, 0.05) is 22.7 Å². The van der Waals surface area contributed by atoms with E-state index in [1.165, 1.54) is 11.1 Å². The molecule has 0 radical (unpaired) electrons. The first-order valence-electron chi connectivity index (χ1n) is 13.7. The predicted octanol–water partition coefficient (Wildman–Crippen LogP) is 4.76. The molecule has 0 bridgehead atoms. The van der Waals surface area contributed by atoms with Crippen LogP contribution >= 0.6 is 0 Å². The van der Waals surface area contributed by atoms with Gasteiger partial charge in [0.1, 0.15) is 12.0 Å². The highest BCUT2D eigenvalue weighted by Crippen LogP contribution is 2.50. The summed E-state index contributed by atoms with van der Waals surface area (Å²) in [5.41, 5.74) is 2.94. The van der Waals surface area contributed by atoms with Crippen LogP contribution in [0.3, 0.4) is 0 Å². The minimum absolute atomic E-state index is 0.0733. The van der Waals surface area contributed by atoms with Gasteiger partial charge in [-0.2, -0.15) is 5.10 Å². The Morgan fingerprint density at radius 3 is 2.50 bits per heavy atom. The molecule has 2 fully saturated rings. The lowest BCUT2D eigenvalue weighted by Gasteiger charge is -2.28. The van der Waals surface area contributed by atoms with Crippen LogP contribution in [-0.4, -0.2) is 53.4 Å². The molecular weight excluding hydrogens is 544 g/mol. The highest BCUT2D eigenvalue weighted by Gasteiger charge is 2.48. The van der Waals surface area contributed by atoms with Crippen LogP contribution in [0, 0.1) is 24.6 Å². The minimum atomic E-state index is -1.12. The maximum absolute atomic E-state index is 16.6. The fraction of sp³-hybridized carbons (Fsp3) is 0.267. The van der Waals surface area contributed by atoms with E-state index >= 15 is 4.39 Å². The molecule has 5 aromatic rings. The van der Waals surface area contributed by atoms with Crippen LogP contribution in [0.4, 0.5) is 14.6 Å². The molecule has 2 N–H and O–H groups in total. The lowest BCUT2D eigenvalue weighted by Crippen LogP contribution is -2.36. The number of imide groups is 1. The smallest absolute Gasteiger partial charge is 0.262 e. The van der Waals surface area contributed by atoms with Gasteiger partial charge in [0.25, 0.3) is 11.8 Å². The van der Waals surface area contributed by atoms with Crippen molar-refractivity contribution in [3.05, 3.63) is 77.1 Å². The molecule has 42 heavy (non-hydrogen) atoms. The van der Waals surface area contributed by atoms with Crippen molar-refractivity contribution in [2.24, 2.45) is 11.8 Å². The zero-order valence-electron chi connectivity index (χ0n) is 22.3. The maximum atomic E-state index is 16.6. The van der Waals surface area contributed by atoms with Crippen molar-refractivity contribution in [2.75, 3.05) is 5.32 Å². The molecule has 1 aliphatic heterocycles. The number of H-pyrrole nitrogens is 1. The van der Waals surface area contributed by atoms with Gasteiger partial charge >= 0.3 is 0 Å². The standard InChI is InChI=1S/C30H23F2N7O3/c1-13-23(20-11-38-12-21(35-22(38)10-33-20)36-28(40)17-8-19(17)31)18-9-34-37-26(18)24(25(13)32)27(14-6-7-14)39-29(41)15-4-2-3-5-16(15)30(39)42/h2-5,9-12,14,17,19,27H,6-8H2,1H3,(H,34,37)(H,36,40)/t17-,19+,27?/m1/s1. The number of imidazole rings is 1. The number of hydrogen-bond acceptors (Lipinski definition) is 6. The number of carbonyl (C=O) groups excluding carboxylic acids is 3. The van der Waals surface area contributed by atoms with Gasteiger partial charge in [0.2, 0.25) is 5.91 Å². The average molecular weight is 568 g/mol. The average Bonchev–Trinajstić information content (AvgIpc) is 3.84. The van der Waals surface area contributed by atoms with E-state index in [0.717, 1.165) is 12.8 Å². The summed E-state index contributed by atoms with van der Waals surface area (Å²) < 4.78 is 31.5. The summed E-state index contributed by atoms with van der Waals surface area (Å²) in [6.07, 6.45) is 6.96. The Balaban J connectivity index is 1.22. The number of benzene rings is 2. The van der Waals surface area contributed by atoms with Gasteiger partial charge in [-0.15, -0.1) is 0 Å². The second-order valence-electron chi connectivity index (χ2n) is 11.2. The van der Waals surface area contributed by atoms with Gasteiger partial charge in [-0.1, -0.05) is 12.1 Å². The molecule has 12 heteroatoms. The molecule has 2 aromatic carbocycles. The van der Waals surface area contributed by atoms with Crippen molar-refractivity contribution < 1.29 is 23.2 Å². The highest BCUT2D eigenvalue weighted by molar-refractivity contribution is 6.21. The van der Waals surface area contributed by atoms with Crippen LogP contribution in [-0.2, 0) is 4.79 Å².